The van der Waals surface area contributed by atoms with Gasteiger partial charge in [-0.05, 0) is 67.8 Å². The molecule has 37 heavy (non-hydrogen) atoms. The van der Waals surface area contributed by atoms with Crippen LogP contribution in [0, 0.1) is 5.92 Å². The molecule has 0 aliphatic carbocycles. The van der Waals surface area contributed by atoms with E-state index in [1.54, 1.807) is 14.2 Å². The van der Waals surface area contributed by atoms with E-state index in [0.717, 1.165) is 62.4 Å². The van der Waals surface area contributed by atoms with Gasteiger partial charge in [-0.1, -0.05) is 24.3 Å². The average Bonchev–Trinajstić information content (AvgIpc) is 3.34. The molecule has 1 aromatic carbocycles. The predicted molar refractivity (Wildman–Crippen MR) is 144 cm³/mol. The van der Waals surface area contributed by atoms with Crippen molar-refractivity contribution in [3.05, 3.63) is 53.2 Å². The number of nitrogens with zero attached hydrogens (tertiary/aromatic N) is 2. The maximum Gasteiger partial charge on any atom is 0.304 e. The molecule has 2 aliphatic rings. The Bertz CT molecular complexity index is 1010. The van der Waals surface area contributed by atoms with E-state index in [9.17, 15) is 9.90 Å². The highest BCUT2D eigenvalue weighted by Crippen LogP contribution is 2.33. The minimum atomic E-state index is -0.798. The van der Waals surface area contributed by atoms with Crippen LogP contribution < -0.4 is 10.1 Å². The van der Waals surface area contributed by atoms with E-state index in [-0.39, 0.29) is 18.4 Å². The van der Waals surface area contributed by atoms with Gasteiger partial charge in [-0.2, -0.15) is 0 Å². The van der Waals surface area contributed by atoms with Crippen molar-refractivity contribution in [3.63, 3.8) is 0 Å². The van der Waals surface area contributed by atoms with Gasteiger partial charge in [0.15, 0.2) is 0 Å². The van der Waals surface area contributed by atoms with Crippen LogP contribution in [0.5, 0.6) is 5.75 Å². The first-order chi connectivity index (χ1) is 18.1. The van der Waals surface area contributed by atoms with E-state index in [1.807, 2.05) is 24.3 Å². The number of ether oxygens (including phenoxy) is 3. The van der Waals surface area contributed by atoms with Crippen LogP contribution in [0.3, 0.4) is 0 Å². The Hall–Kier alpha value is -2.68. The minimum Gasteiger partial charge on any atom is -0.485 e. The minimum absolute atomic E-state index is 0.0623. The Labute approximate surface area is 220 Å². The number of nitrogens with one attached hydrogen (secondary N) is 1. The van der Waals surface area contributed by atoms with Gasteiger partial charge < -0.3 is 29.5 Å². The Balaban J connectivity index is 1.37. The molecule has 0 saturated carbocycles. The molecule has 0 spiro atoms. The number of para-hydroxylation sites is 1. The standard InChI is InChI=1S/C29H41N3O5/c1-35-19-25(20-36-2)37-27-8-4-3-7-26(27)23(16-28(33)34)18-32-15-13-21(17-32)9-11-24-12-10-22-6-5-14-30-29(22)31-24/h3-4,7-8,10,12,21,23,25H,5-6,9,11,13-20H2,1-2H3,(H,30,31)(H,33,34)/t21-,23?/m1/s1. The number of methoxy groups -OCH3 is 2. The third kappa shape index (κ3) is 7.90. The van der Waals surface area contributed by atoms with Crippen LogP contribution in [0.25, 0.3) is 0 Å². The summed E-state index contributed by atoms with van der Waals surface area (Å²) in [7, 11) is 3.26. The first-order valence-corrected chi connectivity index (χ1v) is 13.5. The first-order valence-electron chi connectivity index (χ1n) is 13.5. The second kappa shape index (κ2) is 13.7. The van der Waals surface area contributed by atoms with Gasteiger partial charge in [0.1, 0.15) is 17.7 Å². The van der Waals surface area contributed by atoms with Gasteiger partial charge in [0.05, 0.1) is 19.6 Å². The molecule has 2 N–H and O–H groups in total. The van der Waals surface area contributed by atoms with Crippen LogP contribution in [0.4, 0.5) is 5.82 Å². The molecule has 1 saturated heterocycles. The van der Waals surface area contributed by atoms with Gasteiger partial charge in [0, 0.05) is 45.5 Å². The molecule has 0 bridgehead atoms. The number of fused-ring (bicyclic) bond motifs is 1. The van der Waals surface area contributed by atoms with E-state index >= 15 is 0 Å². The molecular formula is C29H41N3O5. The molecule has 1 unspecified atom stereocenters. The molecule has 2 aliphatic heterocycles. The largest absolute Gasteiger partial charge is 0.485 e. The van der Waals surface area contributed by atoms with Crippen molar-refractivity contribution in [3.8, 4) is 5.75 Å². The Morgan fingerprint density at radius 3 is 2.78 bits per heavy atom. The number of aromatic nitrogens is 1. The number of benzene rings is 1. The number of likely N-dealkylation sites (tertiary alicyclic amines) is 1. The molecule has 1 fully saturated rings. The highest BCUT2D eigenvalue weighted by Gasteiger charge is 2.28. The van der Waals surface area contributed by atoms with Crippen molar-refractivity contribution < 1.29 is 24.1 Å². The zero-order valence-corrected chi connectivity index (χ0v) is 22.2. The smallest absolute Gasteiger partial charge is 0.304 e. The fourth-order valence-corrected chi connectivity index (χ4v) is 5.56. The summed E-state index contributed by atoms with van der Waals surface area (Å²) in [6.07, 6.45) is 5.29. The van der Waals surface area contributed by atoms with Crippen molar-refractivity contribution in [2.24, 2.45) is 5.92 Å². The van der Waals surface area contributed by atoms with E-state index in [0.29, 0.717) is 31.4 Å². The predicted octanol–water partition coefficient (Wildman–Crippen LogP) is 3.99. The fraction of sp³-hybridized carbons (Fsp3) is 0.586. The van der Waals surface area contributed by atoms with Gasteiger partial charge in [0.25, 0.3) is 0 Å². The summed E-state index contributed by atoms with van der Waals surface area (Å²) in [5.74, 6) is 1.40. The Morgan fingerprint density at radius 2 is 2.00 bits per heavy atom. The Kier molecular flexibility index (Phi) is 10.2. The lowest BCUT2D eigenvalue weighted by atomic mass is 9.94. The highest BCUT2D eigenvalue weighted by atomic mass is 16.6. The zero-order chi connectivity index (χ0) is 26.0. The van der Waals surface area contributed by atoms with E-state index in [1.165, 1.54) is 12.0 Å². The number of pyridine rings is 1. The van der Waals surface area contributed by atoms with E-state index < -0.39 is 5.97 Å². The lowest BCUT2D eigenvalue weighted by molar-refractivity contribution is -0.137. The summed E-state index contributed by atoms with van der Waals surface area (Å²) in [6, 6.07) is 12.2. The van der Waals surface area contributed by atoms with Crippen molar-refractivity contribution in [1.29, 1.82) is 0 Å². The second-order valence-electron chi connectivity index (χ2n) is 10.3. The molecule has 1 aromatic heterocycles. The van der Waals surface area contributed by atoms with Crippen molar-refractivity contribution in [2.45, 2.75) is 50.5 Å². The molecule has 8 nitrogen and oxygen atoms in total. The fourth-order valence-electron chi connectivity index (χ4n) is 5.56. The van der Waals surface area contributed by atoms with E-state index in [4.69, 9.17) is 19.2 Å². The third-order valence-corrected chi connectivity index (χ3v) is 7.39. The summed E-state index contributed by atoms with van der Waals surface area (Å²) in [4.78, 5) is 19.1. The summed E-state index contributed by atoms with van der Waals surface area (Å²) in [5, 5.41) is 13.1. The molecule has 0 amide bonds. The third-order valence-electron chi connectivity index (χ3n) is 7.39. The molecule has 4 rings (SSSR count). The number of carboxylic acid groups (broad SMARTS) is 1. The number of hydrogen-bond donors (Lipinski definition) is 2. The normalized spacial score (nSPS) is 18.4. The SMILES string of the molecule is COCC(COC)Oc1ccccc1C(CC(=O)O)CN1CC[C@@H](CCc2ccc3c(n2)NCCC3)C1. The molecule has 202 valence electrons. The number of anilines is 1. The maximum absolute atomic E-state index is 11.8. The van der Waals surface area contributed by atoms with Gasteiger partial charge >= 0.3 is 5.97 Å². The number of aliphatic carboxylic acids is 1. The summed E-state index contributed by atoms with van der Waals surface area (Å²) >= 11 is 0. The number of aryl methyl sites for hydroxylation is 2. The van der Waals surface area contributed by atoms with Crippen molar-refractivity contribution in [1.82, 2.24) is 9.88 Å². The average molecular weight is 512 g/mol. The number of hydrogen-bond acceptors (Lipinski definition) is 7. The number of carboxylic acids is 1. The Morgan fingerprint density at radius 1 is 1.19 bits per heavy atom. The summed E-state index contributed by atoms with van der Waals surface area (Å²) in [5.41, 5.74) is 3.41. The second-order valence-corrected chi connectivity index (χ2v) is 10.3. The molecule has 0 radical (unpaired) electrons. The number of carbonyl (C=O) groups is 1. The summed E-state index contributed by atoms with van der Waals surface area (Å²) in [6.45, 7) is 4.47. The summed E-state index contributed by atoms with van der Waals surface area (Å²) < 4.78 is 16.8. The van der Waals surface area contributed by atoms with Crippen LogP contribution in [0.2, 0.25) is 0 Å². The van der Waals surface area contributed by atoms with Gasteiger partial charge in [-0.25, -0.2) is 4.98 Å². The van der Waals surface area contributed by atoms with Crippen LogP contribution in [0.15, 0.2) is 36.4 Å². The van der Waals surface area contributed by atoms with Gasteiger partial charge in [-0.3, -0.25) is 4.79 Å². The van der Waals surface area contributed by atoms with Crippen LogP contribution in [-0.4, -0.2) is 80.7 Å². The highest BCUT2D eigenvalue weighted by molar-refractivity contribution is 5.68. The van der Waals surface area contributed by atoms with Crippen molar-refractivity contribution in [2.75, 3.05) is 58.9 Å². The van der Waals surface area contributed by atoms with Crippen molar-refractivity contribution >= 4 is 11.8 Å². The first kappa shape index (κ1) is 27.4. The topological polar surface area (TPSA) is 93.2 Å². The van der Waals surface area contributed by atoms with Gasteiger partial charge in [-0.15, -0.1) is 0 Å². The lowest BCUT2D eigenvalue weighted by Crippen LogP contribution is -2.30. The monoisotopic (exact) mass is 511 g/mol. The molecule has 3 heterocycles. The van der Waals surface area contributed by atoms with Crippen LogP contribution in [0.1, 0.15) is 48.4 Å². The van der Waals surface area contributed by atoms with Crippen LogP contribution >= 0.6 is 0 Å². The van der Waals surface area contributed by atoms with Gasteiger partial charge in [0.2, 0.25) is 0 Å². The number of rotatable bonds is 14. The molecule has 8 heteroatoms. The molecule has 2 atom stereocenters. The maximum atomic E-state index is 11.8. The lowest BCUT2D eigenvalue weighted by Gasteiger charge is -2.26. The zero-order valence-electron chi connectivity index (χ0n) is 22.2. The molecular weight excluding hydrogens is 470 g/mol. The quantitative estimate of drug-likeness (QED) is 0.393. The van der Waals surface area contributed by atoms with Crippen LogP contribution in [-0.2, 0) is 27.1 Å². The molecule has 2 aromatic rings. The van der Waals surface area contributed by atoms with E-state index in [2.05, 4.69) is 22.3 Å².